The number of anilines is 5. The molecule has 0 spiro atoms. The number of aromatic nitrogens is 4. The third-order valence-electron chi connectivity index (χ3n) is 3.73. The molecule has 4 aromatic rings. The quantitative estimate of drug-likeness (QED) is 0.511. The molecule has 0 saturated carbocycles. The van der Waals surface area contributed by atoms with Gasteiger partial charge in [0.1, 0.15) is 11.6 Å². The van der Waals surface area contributed by atoms with Crippen LogP contribution in [-0.4, -0.2) is 19.5 Å². The van der Waals surface area contributed by atoms with Crippen LogP contribution >= 0.6 is 0 Å². The molecule has 4 rings (SSSR count). The zero-order valence-corrected chi connectivity index (χ0v) is 13.9. The molecular formula is C19H17N7. The van der Waals surface area contributed by atoms with Crippen LogP contribution in [0.3, 0.4) is 0 Å². The SMILES string of the molecule is Nc1nc(Nc2ccccc2)cc(Nc2ccc(-n3ccnc3)cc2)n1. The van der Waals surface area contributed by atoms with Crippen LogP contribution in [-0.2, 0) is 0 Å². The lowest BCUT2D eigenvalue weighted by Crippen LogP contribution is -2.03. The van der Waals surface area contributed by atoms with E-state index >= 15 is 0 Å². The molecule has 0 radical (unpaired) electrons. The highest BCUT2D eigenvalue weighted by atomic mass is 15.1. The second-order valence-corrected chi connectivity index (χ2v) is 5.63. The van der Waals surface area contributed by atoms with Crippen LogP contribution < -0.4 is 16.4 Å². The fourth-order valence-corrected chi connectivity index (χ4v) is 2.54. The number of benzene rings is 2. The average Bonchev–Trinajstić information content (AvgIpc) is 3.17. The number of rotatable bonds is 5. The van der Waals surface area contributed by atoms with Crippen LogP contribution in [0.4, 0.5) is 29.0 Å². The first kappa shape index (κ1) is 15.6. The third kappa shape index (κ3) is 3.62. The number of nitrogens with zero attached hydrogens (tertiary/aromatic N) is 4. The van der Waals surface area contributed by atoms with Gasteiger partial charge < -0.3 is 20.9 Å². The summed E-state index contributed by atoms with van der Waals surface area (Å²) in [7, 11) is 0. The van der Waals surface area contributed by atoms with Crippen molar-refractivity contribution in [3.63, 3.8) is 0 Å². The van der Waals surface area contributed by atoms with E-state index in [-0.39, 0.29) is 5.95 Å². The Labute approximate surface area is 150 Å². The van der Waals surface area contributed by atoms with Crippen LogP contribution in [0.5, 0.6) is 0 Å². The molecule has 4 N–H and O–H groups in total. The van der Waals surface area contributed by atoms with Crippen LogP contribution in [0.15, 0.2) is 79.4 Å². The van der Waals surface area contributed by atoms with E-state index in [9.17, 15) is 0 Å². The average molecular weight is 343 g/mol. The van der Waals surface area contributed by atoms with Crippen molar-refractivity contribution < 1.29 is 0 Å². The number of hydrogen-bond acceptors (Lipinski definition) is 6. The van der Waals surface area contributed by atoms with Crippen molar-refractivity contribution in [2.75, 3.05) is 16.4 Å². The molecule has 2 aromatic carbocycles. The Kier molecular flexibility index (Phi) is 4.17. The summed E-state index contributed by atoms with van der Waals surface area (Å²) in [6.07, 6.45) is 5.40. The predicted octanol–water partition coefficient (Wildman–Crippen LogP) is 3.73. The third-order valence-corrected chi connectivity index (χ3v) is 3.73. The largest absolute Gasteiger partial charge is 0.368 e. The molecule has 7 nitrogen and oxygen atoms in total. The Hall–Kier alpha value is -3.87. The lowest BCUT2D eigenvalue weighted by molar-refractivity contribution is 1.06. The number of para-hydroxylation sites is 1. The Balaban J connectivity index is 1.52. The van der Waals surface area contributed by atoms with E-state index in [2.05, 4.69) is 25.6 Å². The maximum Gasteiger partial charge on any atom is 0.223 e. The van der Waals surface area contributed by atoms with Crippen molar-refractivity contribution in [1.29, 1.82) is 0 Å². The summed E-state index contributed by atoms with van der Waals surface area (Å²) in [6.45, 7) is 0. The fourth-order valence-electron chi connectivity index (χ4n) is 2.54. The van der Waals surface area contributed by atoms with Gasteiger partial charge in [-0.3, -0.25) is 0 Å². The molecule has 0 aliphatic rings. The molecule has 2 aromatic heterocycles. The maximum atomic E-state index is 5.84. The predicted molar refractivity (Wildman–Crippen MR) is 103 cm³/mol. The van der Waals surface area contributed by atoms with E-state index in [1.165, 1.54) is 0 Å². The summed E-state index contributed by atoms with van der Waals surface area (Å²) in [5.41, 5.74) is 8.70. The molecule has 0 saturated heterocycles. The van der Waals surface area contributed by atoms with Gasteiger partial charge in [0.2, 0.25) is 5.95 Å². The normalized spacial score (nSPS) is 10.5. The number of nitrogens with two attached hydrogens (primary N) is 1. The van der Waals surface area contributed by atoms with Crippen LogP contribution in [0.1, 0.15) is 0 Å². The highest BCUT2D eigenvalue weighted by molar-refractivity contribution is 5.65. The van der Waals surface area contributed by atoms with E-state index in [1.807, 2.05) is 71.4 Å². The van der Waals surface area contributed by atoms with Gasteiger partial charge in [0, 0.05) is 35.5 Å². The topological polar surface area (TPSA) is 93.7 Å². The minimum Gasteiger partial charge on any atom is -0.368 e. The lowest BCUT2D eigenvalue weighted by atomic mass is 10.2. The van der Waals surface area contributed by atoms with Crippen molar-refractivity contribution in [2.45, 2.75) is 0 Å². The smallest absolute Gasteiger partial charge is 0.223 e. The maximum absolute atomic E-state index is 5.84. The fraction of sp³-hybridized carbons (Fsp3) is 0. The van der Waals surface area contributed by atoms with Crippen molar-refractivity contribution in [2.24, 2.45) is 0 Å². The van der Waals surface area contributed by atoms with Gasteiger partial charge in [0.15, 0.2) is 0 Å². The second-order valence-electron chi connectivity index (χ2n) is 5.63. The van der Waals surface area contributed by atoms with Crippen molar-refractivity contribution >= 4 is 29.0 Å². The highest BCUT2D eigenvalue weighted by Crippen LogP contribution is 2.22. The Bertz CT molecular complexity index is 980. The van der Waals surface area contributed by atoms with E-state index in [0.29, 0.717) is 11.6 Å². The number of nitrogens with one attached hydrogen (secondary N) is 2. The summed E-state index contributed by atoms with van der Waals surface area (Å²) < 4.78 is 1.94. The number of imidazole rings is 1. The molecule has 0 unspecified atom stereocenters. The monoisotopic (exact) mass is 343 g/mol. The van der Waals surface area contributed by atoms with Gasteiger partial charge in [0.05, 0.1) is 6.33 Å². The van der Waals surface area contributed by atoms with Gasteiger partial charge in [-0.25, -0.2) is 4.98 Å². The van der Waals surface area contributed by atoms with Crippen molar-refractivity contribution in [3.05, 3.63) is 79.4 Å². The Morgan fingerprint density at radius 2 is 1.46 bits per heavy atom. The first-order valence-electron chi connectivity index (χ1n) is 8.08. The minimum atomic E-state index is 0.198. The zero-order chi connectivity index (χ0) is 17.8. The zero-order valence-electron chi connectivity index (χ0n) is 13.9. The molecule has 7 heteroatoms. The Morgan fingerprint density at radius 3 is 2.08 bits per heavy atom. The second kappa shape index (κ2) is 6.94. The molecule has 0 aliphatic heterocycles. The summed E-state index contributed by atoms with van der Waals surface area (Å²) in [5.74, 6) is 1.44. The minimum absolute atomic E-state index is 0.198. The molecule has 0 aliphatic carbocycles. The van der Waals surface area contributed by atoms with E-state index in [1.54, 1.807) is 12.5 Å². The molecule has 0 fully saturated rings. The number of hydrogen-bond donors (Lipinski definition) is 3. The summed E-state index contributed by atoms with van der Waals surface area (Å²) in [5, 5.41) is 6.46. The van der Waals surface area contributed by atoms with Gasteiger partial charge >= 0.3 is 0 Å². The molecular weight excluding hydrogens is 326 g/mol. The van der Waals surface area contributed by atoms with Crippen LogP contribution in [0.2, 0.25) is 0 Å². The summed E-state index contributed by atoms with van der Waals surface area (Å²) in [4.78, 5) is 12.5. The molecule has 0 amide bonds. The van der Waals surface area contributed by atoms with Gasteiger partial charge in [-0.15, -0.1) is 0 Å². The van der Waals surface area contributed by atoms with Gasteiger partial charge in [-0.2, -0.15) is 9.97 Å². The summed E-state index contributed by atoms with van der Waals surface area (Å²) in [6, 6.07) is 19.5. The molecule has 2 heterocycles. The van der Waals surface area contributed by atoms with Crippen LogP contribution in [0, 0.1) is 0 Å². The highest BCUT2D eigenvalue weighted by Gasteiger charge is 2.04. The molecule has 128 valence electrons. The van der Waals surface area contributed by atoms with E-state index < -0.39 is 0 Å². The van der Waals surface area contributed by atoms with Gasteiger partial charge in [0.25, 0.3) is 0 Å². The van der Waals surface area contributed by atoms with Gasteiger partial charge in [-0.05, 0) is 36.4 Å². The summed E-state index contributed by atoms with van der Waals surface area (Å²) >= 11 is 0. The Morgan fingerprint density at radius 1 is 0.808 bits per heavy atom. The van der Waals surface area contributed by atoms with Crippen molar-refractivity contribution in [1.82, 2.24) is 19.5 Å². The van der Waals surface area contributed by atoms with E-state index in [0.717, 1.165) is 17.1 Å². The standard InChI is InChI=1S/C19H17N7/c20-19-24-17(22-14-4-2-1-3-5-14)12-18(25-19)23-15-6-8-16(9-7-15)26-11-10-21-13-26/h1-13H,(H4,20,22,23,24,25). The van der Waals surface area contributed by atoms with Gasteiger partial charge in [-0.1, -0.05) is 18.2 Å². The first-order chi connectivity index (χ1) is 12.8. The first-order valence-corrected chi connectivity index (χ1v) is 8.08. The molecule has 0 bridgehead atoms. The molecule has 26 heavy (non-hydrogen) atoms. The molecule has 0 atom stereocenters. The van der Waals surface area contributed by atoms with Crippen molar-refractivity contribution in [3.8, 4) is 5.69 Å². The van der Waals surface area contributed by atoms with E-state index in [4.69, 9.17) is 5.73 Å². The van der Waals surface area contributed by atoms with Crippen LogP contribution in [0.25, 0.3) is 5.69 Å². The number of nitrogen functional groups attached to an aromatic ring is 1. The lowest BCUT2D eigenvalue weighted by Gasteiger charge is -2.10.